The summed E-state index contributed by atoms with van der Waals surface area (Å²) in [6.45, 7) is 7.42. The second-order valence-corrected chi connectivity index (χ2v) is 8.75. The van der Waals surface area contributed by atoms with Crippen LogP contribution in [0.2, 0.25) is 0 Å². The van der Waals surface area contributed by atoms with Crippen molar-refractivity contribution < 1.29 is 17.9 Å². The van der Waals surface area contributed by atoms with Crippen molar-refractivity contribution >= 4 is 15.9 Å². The average molecular weight is 384 g/mol. The van der Waals surface area contributed by atoms with Gasteiger partial charge < -0.3 is 15.0 Å². The van der Waals surface area contributed by atoms with E-state index in [1.54, 1.807) is 29.2 Å². The van der Waals surface area contributed by atoms with Crippen LogP contribution in [0, 0.1) is 5.92 Å². The highest BCUT2D eigenvalue weighted by Crippen LogP contribution is 2.21. The predicted molar refractivity (Wildman–Crippen MR) is 101 cm³/mol. The summed E-state index contributed by atoms with van der Waals surface area (Å²) < 4.78 is 32.5. The summed E-state index contributed by atoms with van der Waals surface area (Å²) in [4.78, 5) is 14.4. The van der Waals surface area contributed by atoms with Gasteiger partial charge in [0, 0.05) is 45.7 Å². The van der Waals surface area contributed by atoms with Crippen LogP contribution in [0.25, 0.3) is 0 Å². The first kappa shape index (κ1) is 20.7. The van der Waals surface area contributed by atoms with E-state index in [1.165, 1.54) is 11.4 Å². The van der Waals surface area contributed by atoms with Gasteiger partial charge in [0.05, 0.1) is 12.0 Å². The molecule has 1 fully saturated rings. The number of amides is 1. The van der Waals surface area contributed by atoms with Crippen LogP contribution in [0.1, 0.15) is 20.3 Å². The Bertz CT molecular complexity index is 683. The second kappa shape index (κ2) is 9.34. The van der Waals surface area contributed by atoms with Gasteiger partial charge in [0.2, 0.25) is 15.9 Å². The molecule has 2 rings (SSSR count). The molecule has 0 bridgehead atoms. The smallest absolute Gasteiger partial charge is 0.243 e. The van der Waals surface area contributed by atoms with E-state index in [9.17, 15) is 13.2 Å². The minimum Gasteiger partial charge on any atom is -0.497 e. The highest BCUT2D eigenvalue weighted by Gasteiger charge is 2.27. The van der Waals surface area contributed by atoms with Crippen molar-refractivity contribution in [1.29, 1.82) is 0 Å². The molecule has 0 atom stereocenters. The SMILES string of the molecule is COc1ccc(S(=O)(=O)N(CCC(=O)N2CCNCC2)CC(C)C)cc1. The second-order valence-electron chi connectivity index (χ2n) is 6.81. The molecule has 0 radical (unpaired) electrons. The van der Waals surface area contributed by atoms with Crippen molar-refractivity contribution in [2.75, 3.05) is 46.4 Å². The van der Waals surface area contributed by atoms with Gasteiger partial charge in [-0.1, -0.05) is 13.8 Å². The third-order valence-corrected chi connectivity index (χ3v) is 6.19. The van der Waals surface area contributed by atoms with Crippen LogP contribution in [0.15, 0.2) is 29.2 Å². The molecule has 1 saturated heterocycles. The molecule has 26 heavy (non-hydrogen) atoms. The minimum atomic E-state index is -3.65. The van der Waals surface area contributed by atoms with Crippen LogP contribution < -0.4 is 10.1 Å². The summed E-state index contributed by atoms with van der Waals surface area (Å²) in [6, 6.07) is 6.35. The first-order valence-electron chi connectivity index (χ1n) is 8.97. The fraction of sp³-hybridized carbons (Fsp3) is 0.611. The van der Waals surface area contributed by atoms with E-state index in [-0.39, 0.29) is 29.7 Å². The number of hydrogen-bond donors (Lipinski definition) is 1. The Balaban J connectivity index is 2.10. The van der Waals surface area contributed by atoms with Crippen molar-refractivity contribution in [1.82, 2.24) is 14.5 Å². The molecule has 1 N–H and O–H groups in total. The number of sulfonamides is 1. The van der Waals surface area contributed by atoms with Gasteiger partial charge in [-0.15, -0.1) is 0 Å². The van der Waals surface area contributed by atoms with Crippen molar-refractivity contribution in [3.63, 3.8) is 0 Å². The molecule has 1 aromatic rings. The van der Waals surface area contributed by atoms with E-state index in [4.69, 9.17) is 4.74 Å². The number of carbonyl (C=O) groups is 1. The molecule has 0 saturated carbocycles. The maximum absolute atomic E-state index is 13.0. The third-order valence-electron chi connectivity index (χ3n) is 4.31. The van der Waals surface area contributed by atoms with Crippen LogP contribution in [0.4, 0.5) is 0 Å². The number of rotatable bonds is 8. The maximum atomic E-state index is 13.0. The predicted octanol–water partition coefficient (Wildman–Crippen LogP) is 1.16. The zero-order valence-electron chi connectivity index (χ0n) is 15.8. The molecule has 146 valence electrons. The van der Waals surface area contributed by atoms with Gasteiger partial charge in [-0.25, -0.2) is 8.42 Å². The topological polar surface area (TPSA) is 79.0 Å². The molecule has 0 aromatic heterocycles. The molecular formula is C18H29N3O4S. The lowest BCUT2D eigenvalue weighted by molar-refractivity contribution is -0.131. The van der Waals surface area contributed by atoms with Gasteiger partial charge in [0.1, 0.15) is 5.75 Å². The summed E-state index contributed by atoms with van der Waals surface area (Å²) in [5.74, 6) is 0.774. The zero-order chi connectivity index (χ0) is 19.2. The largest absolute Gasteiger partial charge is 0.497 e. The number of nitrogens with one attached hydrogen (secondary N) is 1. The number of nitrogens with zero attached hydrogens (tertiary/aromatic N) is 2. The zero-order valence-corrected chi connectivity index (χ0v) is 16.6. The van der Waals surface area contributed by atoms with Crippen molar-refractivity contribution in [3.05, 3.63) is 24.3 Å². The van der Waals surface area contributed by atoms with Crippen LogP contribution in [0.5, 0.6) is 5.75 Å². The van der Waals surface area contributed by atoms with Gasteiger partial charge in [0.25, 0.3) is 0 Å². The van der Waals surface area contributed by atoms with Gasteiger partial charge in [-0.2, -0.15) is 4.31 Å². The van der Waals surface area contributed by atoms with E-state index >= 15 is 0 Å². The lowest BCUT2D eigenvalue weighted by atomic mass is 10.2. The van der Waals surface area contributed by atoms with E-state index in [0.717, 1.165) is 13.1 Å². The van der Waals surface area contributed by atoms with E-state index in [1.807, 2.05) is 13.8 Å². The molecule has 0 unspecified atom stereocenters. The normalized spacial score (nSPS) is 15.5. The van der Waals surface area contributed by atoms with Crippen LogP contribution in [-0.2, 0) is 14.8 Å². The first-order chi connectivity index (χ1) is 12.3. The standard InChI is InChI=1S/C18H29N3O4S/c1-15(2)14-21(11-8-18(22)20-12-9-19-10-13-20)26(23,24)17-6-4-16(25-3)5-7-17/h4-7,15,19H,8-14H2,1-3H3. The average Bonchev–Trinajstić information content (AvgIpc) is 2.65. The molecule has 1 aliphatic rings. The first-order valence-corrected chi connectivity index (χ1v) is 10.4. The lowest BCUT2D eigenvalue weighted by Crippen LogP contribution is -2.47. The van der Waals surface area contributed by atoms with E-state index in [0.29, 0.717) is 25.4 Å². The number of carbonyl (C=O) groups excluding carboxylic acids is 1. The van der Waals surface area contributed by atoms with Gasteiger partial charge >= 0.3 is 0 Å². The quantitative estimate of drug-likeness (QED) is 0.729. The Morgan fingerprint density at radius 1 is 1.23 bits per heavy atom. The molecule has 1 aromatic carbocycles. The highest BCUT2D eigenvalue weighted by molar-refractivity contribution is 7.89. The summed E-state index contributed by atoms with van der Waals surface area (Å²) in [5, 5.41) is 3.21. The Kier molecular flexibility index (Phi) is 7.43. The third kappa shape index (κ3) is 5.43. The summed E-state index contributed by atoms with van der Waals surface area (Å²) in [6.07, 6.45) is 0.197. The fourth-order valence-corrected chi connectivity index (χ4v) is 4.51. The van der Waals surface area contributed by atoms with Crippen molar-refractivity contribution in [2.24, 2.45) is 5.92 Å². The fourth-order valence-electron chi connectivity index (χ4n) is 2.91. The monoisotopic (exact) mass is 383 g/mol. The molecule has 1 aliphatic heterocycles. The molecule has 1 amide bonds. The number of ether oxygens (including phenoxy) is 1. The Labute approximate surface area is 156 Å². The molecule has 1 heterocycles. The number of piperazine rings is 1. The van der Waals surface area contributed by atoms with Crippen molar-refractivity contribution in [3.8, 4) is 5.75 Å². The number of benzene rings is 1. The van der Waals surface area contributed by atoms with Crippen LogP contribution in [0.3, 0.4) is 0 Å². The van der Waals surface area contributed by atoms with Gasteiger partial charge in [-0.05, 0) is 30.2 Å². The van der Waals surface area contributed by atoms with Crippen LogP contribution in [-0.4, -0.2) is 69.9 Å². The number of methoxy groups -OCH3 is 1. The minimum absolute atomic E-state index is 0.00480. The molecule has 0 spiro atoms. The Morgan fingerprint density at radius 3 is 2.38 bits per heavy atom. The molecule has 7 nitrogen and oxygen atoms in total. The summed E-state index contributed by atoms with van der Waals surface area (Å²) >= 11 is 0. The molecular weight excluding hydrogens is 354 g/mol. The van der Waals surface area contributed by atoms with E-state index in [2.05, 4.69) is 5.32 Å². The van der Waals surface area contributed by atoms with Gasteiger partial charge in [-0.3, -0.25) is 4.79 Å². The number of hydrogen-bond acceptors (Lipinski definition) is 5. The lowest BCUT2D eigenvalue weighted by Gasteiger charge is -2.29. The Hall–Kier alpha value is -1.64. The summed E-state index contributed by atoms with van der Waals surface area (Å²) in [5.41, 5.74) is 0. The Morgan fingerprint density at radius 2 is 1.85 bits per heavy atom. The summed E-state index contributed by atoms with van der Waals surface area (Å²) in [7, 11) is -2.11. The molecule has 8 heteroatoms. The highest BCUT2D eigenvalue weighted by atomic mass is 32.2. The van der Waals surface area contributed by atoms with E-state index < -0.39 is 10.0 Å². The maximum Gasteiger partial charge on any atom is 0.243 e. The van der Waals surface area contributed by atoms with Crippen molar-refractivity contribution in [2.45, 2.75) is 25.2 Å². The van der Waals surface area contributed by atoms with Crippen LogP contribution >= 0.6 is 0 Å². The molecule has 0 aliphatic carbocycles. The van der Waals surface area contributed by atoms with Gasteiger partial charge in [0.15, 0.2) is 0 Å².